The van der Waals surface area contributed by atoms with Gasteiger partial charge in [0.05, 0.1) is 11.7 Å². The van der Waals surface area contributed by atoms with Gasteiger partial charge in [0.25, 0.3) is 5.96 Å². The van der Waals surface area contributed by atoms with Crippen LogP contribution >= 0.6 is 12.4 Å². The average molecular weight is 545 g/mol. The Hall–Kier alpha value is -1.68. The molecule has 0 radical (unpaired) electrons. The third-order valence-electron chi connectivity index (χ3n) is 4.99. The smallest absolute Gasteiger partial charge is 0.426 e. The Kier molecular flexibility index (Phi) is 19.8. The second-order valence-electron chi connectivity index (χ2n) is 8.73. The molecule has 206 valence electrons. The number of hydrogen-bond donors (Lipinski definition) is 7. The molecular formula is C19H42BClN6O7S. The molecular weight excluding hydrogens is 503 g/mol. The minimum Gasteiger partial charge on any atom is -0.426 e. The van der Waals surface area contributed by atoms with Crippen LogP contribution in [0.1, 0.15) is 78.6 Å². The van der Waals surface area contributed by atoms with E-state index in [-0.39, 0.29) is 49.9 Å². The van der Waals surface area contributed by atoms with E-state index in [4.69, 9.17) is 5.41 Å². The largest absolute Gasteiger partial charge is 0.475 e. The van der Waals surface area contributed by atoms with Crippen molar-refractivity contribution >= 4 is 41.4 Å². The predicted octanol–water partition coefficient (Wildman–Crippen LogP) is 0.685. The Morgan fingerprint density at radius 3 is 2.26 bits per heavy atom. The maximum Gasteiger partial charge on any atom is 0.475 e. The first-order valence-corrected chi connectivity index (χ1v) is 13.4. The summed E-state index contributed by atoms with van der Waals surface area (Å²) in [5.74, 6) is -2.26. The maximum atomic E-state index is 12.8. The molecule has 0 fully saturated rings. The first kappa shape index (κ1) is 35.5. The highest BCUT2D eigenvalue weighted by molar-refractivity contribution is 7.89. The molecule has 0 saturated heterocycles. The van der Waals surface area contributed by atoms with E-state index in [9.17, 15) is 33.4 Å². The summed E-state index contributed by atoms with van der Waals surface area (Å²) >= 11 is 0. The van der Waals surface area contributed by atoms with Gasteiger partial charge in [0.2, 0.25) is 15.9 Å². The topological polar surface area (TPSA) is 207 Å². The number of hydrazine groups is 1. The first-order valence-electron chi connectivity index (χ1n) is 11.8. The molecule has 0 aromatic rings. The van der Waals surface area contributed by atoms with E-state index in [1.54, 1.807) is 5.43 Å². The van der Waals surface area contributed by atoms with Crippen LogP contribution in [-0.2, 0) is 14.8 Å². The van der Waals surface area contributed by atoms with Gasteiger partial charge in [0.15, 0.2) is 5.03 Å². The zero-order valence-corrected chi connectivity index (χ0v) is 22.4. The average Bonchev–Trinajstić information content (AvgIpc) is 2.71. The molecule has 0 aromatic carbocycles. The highest BCUT2D eigenvalue weighted by Gasteiger charge is 2.30. The number of amides is 1. The fraction of sp³-hybridized carbons (Fsp3) is 0.895. The standard InChI is InChI=1S/C19H41BN6O7S.ClH/c1-4-5-6-7-8-9-13-34(32,33)25-16(11-10-12-22-19(21)24-26(30)31)18(27)23-17(20(28)29)14-15(2)3;/h15-17,25,28-29H,4-14H2,1-3H3,(H,23,27)(H3,21,22,24);1H/t16-,17-;/m0./s1. The number of nitrogens with one attached hydrogen (secondary N) is 5. The molecule has 0 aliphatic heterocycles. The van der Waals surface area contributed by atoms with Crippen LogP contribution in [0.3, 0.4) is 0 Å². The molecule has 0 unspecified atom stereocenters. The molecule has 2 atom stereocenters. The molecule has 0 spiro atoms. The number of rotatable bonds is 19. The summed E-state index contributed by atoms with van der Waals surface area (Å²) < 4.78 is 27.5. The van der Waals surface area contributed by atoms with Gasteiger partial charge in [-0.1, -0.05) is 58.3 Å². The summed E-state index contributed by atoms with van der Waals surface area (Å²) in [5.41, 5.74) is 1.64. The van der Waals surface area contributed by atoms with Crippen LogP contribution in [0.25, 0.3) is 0 Å². The van der Waals surface area contributed by atoms with Crippen LogP contribution in [0.2, 0.25) is 0 Å². The summed E-state index contributed by atoms with van der Waals surface area (Å²) in [7, 11) is -5.57. The Morgan fingerprint density at radius 2 is 1.71 bits per heavy atom. The van der Waals surface area contributed by atoms with E-state index in [0.29, 0.717) is 6.42 Å². The normalized spacial score (nSPS) is 12.9. The summed E-state index contributed by atoms with van der Waals surface area (Å²) in [6.45, 7) is 5.88. The van der Waals surface area contributed by atoms with Gasteiger partial charge in [-0.3, -0.25) is 10.2 Å². The van der Waals surface area contributed by atoms with Gasteiger partial charge in [-0.15, -0.1) is 12.4 Å². The van der Waals surface area contributed by atoms with Crippen molar-refractivity contribution in [2.45, 2.75) is 90.5 Å². The molecule has 0 bridgehead atoms. The number of hydrogen-bond acceptors (Lipinski definition) is 8. The lowest BCUT2D eigenvalue weighted by Gasteiger charge is -2.24. The third kappa shape index (κ3) is 19.2. The zero-order chi connectivity index (χ0) is 26.1. The van der Waals surface area contributed by atoms with Crippen LogP contribution in [0, 0.1) is 21.4 Å². The van der Waals surface area contributed by atoms with Crippen molar-refractivity contribution in [2.75, 3.05) is 12.3 Å². The fourth-order valence-corrected chi connectivity index (χ4v) is 4.65. The lowest BCUT2D eigenvalue weighted by atomic mass is 9.75. The molecule has 1 amide bonds. The van der Waals surface area contributed by atoms with Gasteiger partial charge in [0, 0.05) is 6.54 Å². The quantitative estimate of drug-likeness (QED) is 0.0304. The number of guanidine groups is 1. The van der Waals surface area contributed by atoms with Crippen molar-refractivity contribution in [2.24, 2.45) is 5.92 Å². The summed E-state index contributed by atoms with van der Waals surface area (Å²) in [6.07, 6.45) is 5.94. The number of carbonyl (C=O) groups is 1. The number of halogens is 1. The van der Waals surface area contributed by atoms with Gasteiger partial charge in [-0.05, 0) is 31.6 Å². The molecule has 35 heavy (non-hydrogen) atoms. The Balaban J connectivity index is 0. The lowest BCUT2D eigenvalue weighted by Crippen LogP contribution is -2.54. The second kappa shape index (κ2) is 19.5. The predicted molar refractivity (Wildman–Crippen MR) is 138 cm³/mol. The van der Waals surface area contributed by atoms with Gasteiger partial charge in [0.1, 0.15) is 6.04 Å². The minimum absolute atomic E-state index is 0. The highest BCUT2D eigenvalue weighted by Crippen LogP contribution is 2.09. The number of sulfonamides is 1. The van der Waals surface area contributed by atoms with E-state index in [0.717, 1.165) is 32.1 Å². The first-order chi connectivity index (χ1) is 15.9. The number of carbonyl (C=O) groups excluding carboxylic acids is 1. The number of nitro groups is 1. The van der Waals surface area contributed by atoms with Gasteiger partial charge in [-0.25, -0.2) is 23.3 Å². The molecule has 0 aromatic heterocycles. The van der Waals surface area contributed by atoms with Gasteiger partial charge in [-0.2, -0.15) is 0 Å². The van der Waals surface area contributed by atoms with Crippen molar-refractivity contribution in [3.05, 3.63) is 10.1 Å². The summed E-state index contributed by atoms with van der Waals surface area (Å²) in [5, 5.41) is 40.9. The highest BCUT2D eigenvalue weighted by atomic mass is 35.5. The maximum absolute atomic E-state index is 12.8. The Morgan fingerprint density at radius 1 is 1.11 bits per heavy atom. The SMILES string of the molecule is CCCCCCCCS(=O)(=O)N[C@@H](CCCNC(=N)N[N+](=O)[O-])C(=O)N[C@@H](CC(C)C)B(O)O.Cl. The summed E-state index contributed by atoms with van der Waals surface area (Å²) in [4.78, 5) is 23.1. The number of nitrogens with zero attached hydrogens (tertiary/aromatic N) is 1. The number of unbranched alkanes of at least 4 members (excludes halogenated alkanes) is 5. The van der Waals surface area contributed by atoms with Crippen molar-refractivity contribution in [3.8, 4) is 0 Å². The van der Waals surface area contributed by atoms with Crippen molar-refractivity contribution in [1.29, 1.82) is 5.41 Å². The van der Waals surface area contributed by atoms with Gasteiger partial charge >= 0.3 is 7.12 Å². The van der Waals surface area contributed by atoms with Crippen molar-refractivity contribution in [1.82, 2.24) is 20.8 Å². The molecule has 16 heteroatoms. The fourth-order valence-electron chi connectivity index (χ4n) is 3.29. The van der Waals surface area contributed by atoms with Crippen LogP contribution in [0.4, 0.5) is 0 Å². The molecule has 0 heterocycles. The van der Waals surface area contributed by atoms with E-state index < -0.39 is 46.0 Å². The van der Waals surface area contributed by atoms with E-state index in [1.165, 1.54) is 0 Å². The third-order valence-corrected chi connectivity index (χ3v) is 6.46. The second-order valence-corrected chi connectivity index (χ2v) is 10.6. The van der Waals surface area contributed by atoms with Crippen LogP contribution in [0.5, 0.6) is 0 Å². The van der Waals surface area contributed by atoms with Crippen molar-refractivity contribution < 1.29 is 28.3 Å². The molecule has 0 aliphatic rings. The molecule has 0 rings (SSSR count). The van der Waals surface area contributed by atoms with Crippen LogP contribution in [0.15, 0.2) is 0 Å². The Bertz CT molecular complexity index is 730. The van der Waals surface area contributed by atoms with Crippen LogP contribution < -0.4 is 20.8 Å². The van der Waals surface area contributed by atoms with E-state index >= 15 is 0 Å². The molecule has 7 N–H and O–H groups in total. The van der Waals surface area contributed by atoms with E-state index in [2.05, 4.69) is 22.3 Å². The van der Waals surface area contributed by atoms with E-state index in [1.807, 2.05) is 13.8 Å². The molecule has 0 aliphatic carbocycles. The molecule has 13 nitrogen and oxygen atoms in total. The summed E-state index contributed by atoms with van der Waals surface area (Å²) in [6, 6.07) is -1.17. The van der Waals surface area contributed by atoms with Gasteiger partial charge < -0.3 is 20.7 Å². The Labute approximate surface area is 214 Å². The monoisotopic (exact) mass is 544 g/mol. The minimum atomic E-state index is -3.77. The molecule has 0 saturated carbocycles. The van der Waals surface area contributed by atoms with Crippen LogP contribution in [-0.4, -0.2) is 66.8 Å². The zero-order valence-electron chi connectivity index (χ0n) is 20.8. The van der Waals surface area contributed by atoms with Crippen molar-refractivity contribution in [3.63, 3.8) is 0 Å². The lowest BCUT2D eigenvalue weighted by molar-refractivity contribution is -0.525.